The lowest BCUT2D eigenvalue weighted by Gasteiger charge is -2.06. The van der Waals surface area contributed by atoms with Crippen LogP contribution >= 0.6 is 0 Å². The van der Waals surface area contributed by atoms with Gasteiger partial charge in [-0.1, -0.05) is 0 Å². The van der Waals surface area contributed by atoms with Gasteiger partial charge in [-0.15, -0.1) is 0 Å². The number of aromatic nitrogens is 1. The van der Waals surface area contributed by atoms with E-state index >= 15 is 0 Å². The Kier molecular flexibility index (Phi) is 3.30. The van der Waals surface area contributed by atoms with Crippen molar-refractivity contribution in [3.05, 3.63) is 53.7 Å². The molecule has 0 unspecified atom stereocenters. The lowest BCUT2D eigenvalue weighted by Crippen LogP contribution is -1.93. The summed E-state index contributed by atoms with van der Waals surface area (Å²) < 4.78 is 31.1. The van der Waals surface area contributed by atoms with E-state index in [0.717, 1.165) is 12.1 Å². The number of halogens is 2. The van der Waals surface area contributed by atoms with Gasteiger partial charge in [0.15, 0.2) is 11.6 Å². The maximum Gasteiger partial charge on any atom is 0.219 e. The molecule has 0 bridgehead atoms. The maximum atomic E-state index is 13.3. The van der Waals surface area contributed by atoms with Gasteiger partial charge in [-0.3, -0.25) is 0 Å². The van der Waals surface area contributed by atoms with E-state index in [1.807, 2.05) is 0 Å². The van der Waals surface area contributed by atoms with Crippen LogP contribution in [0.4, 0.5) is 8.78 Å². The number of rotatable bonds is 3. The van der Waals surface area contributed by atoms with Gasteiger partial charge in [0.1, 0.15) is 5.82 Å². The molecule has 17 heavy (non-hydrogen) atoms. The monoisotopic (exact) mass is 237 g/mol. The normalized spacial score (nSPS) is 10.3. The average molecular weight is 237 g/mol. The third kappa shape index (κ3) is 2.76. The van der Waals surface area contributed by atoms with Gasteiger partial charge in [-0.25, -0.2) is 13.8 Å². The van der Waals surface area contributed by atoms with Crippen LogP contribution in [0.15, 0.2) is 36.5 Å². The Morgan fingerprint density at radius 1 is 1.18 bits per heavy atom. The Bertz CT molecular complexity index is 532. The van der Waals surface area contributed by atoms with E-state index in [4.69, 9.17) is 9.84 Å². The first-order valence-corrected chi connectivity index (χ1v) is 4.88. The molecule has 0 saturated carbocycles. The van der Waals surface area contributed by atoms with Crippen molar-refractivity contribution in [2.24, 2.45) is 0 Å². The zero-order chi connectivity index (χ0) is 12.3. The average Bonchev–Trinajstić information content (AvgIpc) is 2.33. The number of hydrogen-bond donors (Lipinski definition) is 1. The van der Waals surface area contributed by atoms with E-state index < -0.39 is 11.6 Å². The van der Waals surface area contributed by atoms with Crippen LogP contribution in [0.25, 0.3) is 0 Å². The van der Waals surface area contributed by atoms with Crippen molar-refractivity contribution < 1.29 is 18.6 Å². The summed E-state index contributed by atoms with van der Waals surface area (Å²) in [6.45, 7) is -0.162. The molecule has 5 heteroatoms. The van der Waals surface area contributed by atoms with Crippen LogP contribution in [-0.4, -0.2) is 10.1 Å². The minimum atomic E-state index is -0.804. The highest BCUT2D eigenvalue weighted by molar-refractivity contribution is 5.30. The van der Waals surface area contributed by atoms with Gasteiger partial charge in [0, 0.05) is 18.3 Å². The minimum absolute atomic E-state index is 0.117. The summed E-state index contributed by atoms with van der Waals surface area (Å²) in [5.41, 5.74) is 0.595. The fourth-order valence-corrected chi connectivity index (χ4v) is 1.28. The van der Waals surface area contributed by atoms with E-state index in [9.17, 15) is 8.78 Å². The predicted molar refractivity (Wildman–Crippen MR) is 56.6 cm³/mol. The smallest absolute Gasteiger partial charge is 0.219 e. The summed E-state index contributed by atoms with van der Waals surface area (Å²) in [5.74, 6) is -1.45. The number of aliphatic hydroxyl groups excluding tert-OH is 1. The Balaban J connectivity index is 2.25. The number of aliphatic hydroxyl groups is 1. The molecule has 0 aliphatic rings. The highest BCUT2D eigenvalue weighted by atomic mass is 19.1. The second-order valence-corrected chi connectivity index (χ2v) is 3.34. The van der Waals surface area contributed by atoms with Crippen molar-refractivity contribution in [3.63, 3.8) is 0 Å². The van der Waals surface area contributed by atoms with Gasteiger partial charge in [0.2, 0.25) is 5.88 Å². The molecule has 0 fully saturated rings. The minimum Gasteiger partial charge on any atom is -0.436 e. The van der Waals surface area contributed by atoms with Gasteiger partial charge >= 0.3 is 0 Å². The van der Waals surface area contributed by atoms with E-state index in [1.165, 1.54) is 18.3 Å². The molecular weight excluding hydrogens is 228 g/mol. The van der Waals surface area contributed by atoms with Crippen LogP contribution in [0, 0.1) is 11.6 Å². The zero-order valence-electron chi connectivity index (χ0n) is 8.73. The molecule has 0 aliphatic heterocycles. The van der Waals surface area contributed by atoms with Crippen molar-refractivity contribution in [1.29, 1.82) is 0 Å². The Morgan fingerprint density at radius 3 is 2.71 bits per heavy atom. The Labute approximate surface area is 96.3 Å². The second kappa shape index (κ2) is 4.88. The largest absolute Gasteiger partial charge is 0.436 e. The van der Waals surface area contributed by atoms with Crippen molar-refractivity contribution in [1.82, 2.24) is 4.98 Å². The molecule has 1 N–H and O–H groups in total. The van der Waals surface area contributed by atoms with E-state index in [2.05, 4.69) is 4.98 Å². The third-order valence-electron chi connectivity index (χ3n) is 2.09. The van der Waals surface area contributed by atoms with Crippen LogP contribution in [0.3, 0.4) is 0 Å². The van der Waals surface area contributed by atoms with Crippen LogP contribution in [0.5, 0.6) is 11.6 Å². The van der Waals surface area contributed by atoms with Crippen molar-refractivity contribution in [3.8, 4) is 11.6 Å². The molecule has 3 nitrogen and oxygen atoms in total. The summed E-state index contributed by atoms with van der Waals surface area (Å²) >= 11 is 0. The van der Waals surface area contributed by atoms with Crippen LogP contribution < -0.4 is 4.74 Å². The summed E-state index contributed by atoms with van der Waals surface area (Å²) in [6, 6.07) is 6.08. The lowest BCUT2D eigenvalue weighted by molar-refractivity contribution is 0.281. The van der Waals surface area contributed by atoms with E-state index in [1.54, 1.807) is 6.07 Å². The van der Waals surface area contributed by atoms with Gasteiger partial charge in [0.05, 0.1) is 6.61 Å². The van der Waals surface area contributed by atoms with E-state index in [-0.39, 0.29) is 18.2 Å². The number of nitrogens with zero attached hydrogens (tertiary/aromatic N) is 1. The molecule has 2 aromatic rings. The molecule has 0 saturated heterocycles. The third-order valence-corrected chi connectivity index (χ3v) is 2.09. The van der Waals surface area contributed by atoms with E-state index in [0.29, 0.717) is 5.56 Å². The molecule has 0 radical (unpaired) electrons. The molecule has 1 aromatic carbocycles. The van der Waals surface area contributed by atoms with Gasteiger partial charge in [0.25, 0.3) is 0 Å². The number of ether oxygens (including phenoxy) is 1. The van der Waals surface area contributed by atoms with Crippen molar-refractivity contribution >= 4 is 0 Å². The summed E-state index contributed by atoms with van der Waals surface area (Å²) in [7, 11) is 0. The summed E-state index contributed by atoms with van der Waals surface area (Å²) in [4.78, 5) is 3.85. The maximum absolute atomic E-state index is 13.3. The SMILES string of the molecule is OCc1ccnc(Oc2ccc(F)cc2F)c1. The topological polar surface area (TPSA) is 42.4 Å². The zero-order valence-corrected chi connectivity index (χ0v) is 8.73. The highest BCUT2D eigenvalue weighted by Gasteiger charge is 2.07. The fraction of sp³-hybridized carbons (Fsp3) is 0.0833. The Morgan fingerprint density at radius 2 is 2.00 bits per heavy atom. The molecule has 1 aromatic heterocycles. The lowest BCUT2D eigenvalue weighted by atomic mass is 10.3. The van der Waals surface area contributed by atoms with Crippen molar-refractivity contribution in [2.75, 3.05) is 0 Å². The van der Waals surface area contributed by atoms with Crippen LogP contribution in [0.1, 0.15) is 5.56 Å². The second-order valence-electron chi connectivity index (χ2n) is 3.34. The first-order chi connectivity index (χ1) is 8.19. The first-order valence-electron chi connectivity index (χ1n) is 4.88. The molecule has 88 valence electrons. The molecule has 0 spiro atoms. The predicted octanol–water partition coefficient (Wildman–Crippen LogP) is 2.64. The number of benzene rings is 1. The molecule has 0 atom stereocenters. The number of hydrogen-bond acceptors (Lipinski definition) is 3. The molecular formula is C12H9F2NO2. The first kappa shape index (κ1) is 11.5. The van der Waals surface area contributed by atoms with Crippen molar-refractivity contribution in [2.45, 2.75) is 6.61 Å². The standard InChI is InChI=1S/C12H9F2NO2/c13-9-1-2-11(10(14)6-9)17-12-5-8(7-16)3-4-15-12/h1-6,16H,7H2. The highest BCUT2D eigenvalue weighted by Crippen LogP contribution is 2.23. The Hall–Kier alpha value is -2.01. The summed E-state index contributed by atoms with van der Waals surface area (Å²) in [6.07, 6.45) is 1.43. The van der Waals surface area contributed by atoms with Gasteiger partial charge in [-0.05, 0) is 23.8 Å². The summed E-state index contributed by atoms with van der Waals surface area (Å²) in [5, 5.41) is 8.91. The molecule has 0 aliphatic carbocycles. The molecule has 0 amide bonds. The van der Waals surface area contributed by atoms with Crippen LogP contribution in [-0.2, 0) is 6.61 Å². The molecule has 1 heterocycles. The quantitative estimate of drug-likeness (QED) is 0.892. The molecule has 2 rings (SSSR count). The van der Waals surface area contributed by atoms with Crippen LogP contribution in [0.2, 0.25) is 0 Å². The van der Waals surface area contributed by atoms with Gasteiger partial charge in [-0.2, -0.15) is 0 Å². The van der Waals surface area contributed by atoms with Gasteiger partial charge < -0.3 is 9.84 Å². The number of pyridine rings is 1. The fourth-order valence-electron chi connectivity index (χ4n) is 1.28.